The molecule has 6 nitrogen and oxygen atoms in total. The predicted molar refractivity (Wildman–Crippen MR) is 130 cm³/mol. The zero-order chi connectivity index (χ0) is 22.0. The summed E-state index contributed by atoms with van der Waals surface area (Å²) in [5.41, 5.74) is 9.62. The van der Waals surface area contributed by atoms with Crippen LogP contribution >= 0.6 is 46.2 Å². The van der Waals surface area contributed by atoms with Crippen LogP contribution in [0.4, 0.5) is 5.13 Å². The third kappa shape index (κ3) is 4.16. The van der Waals surface area contributed by atoms with Crippen LogP contribution in [-0.4, -0.2) is 27.5 Å². The number of hydrogen-bond donors (Lipinski definition) is 1. The minimum absolute atomic E-state index is 0.0974. The Labute approximate surface area is 198 Å². The second-order valence-electron chi connectivity index (χ2n) is 7.11. The van der Waals surface area contributed by atoms with E-state index in [1.54, 1.807) is 34.9 Å². The van der Waals surface area contributed by atoms with E-state index in [1.807, 2.05) is 16.3 Å². The maximum absolute atomic E-state index is 13.2. The molecule has 0 bridgehead atoms. The summed E-state index contributed by atoms with van der Waals surface area (Å²) in [6.07, 6.45) is 3.05. The number of rotatable bonds is 7. The predicted octanol–water partition coefficient (Wildman–Crippen LogP) is 5.52. The second-order valence-corrected chi connectivity index (χ2v) is 11.9. The molecule has 0 aromatic carbocycles. The van der Waals surface area contributed by atoms with Crippen LogP contribution < -0.4 is 10.6 Å². The Hall–Kier alpha value is -1.80. The lowest BCUT2D eigenvalue weighted by atomic mass is 9.76. The molecule has 2 aromatic rings. The number of carbonyl (C=O) groups excluding carboxylic acids is 1. The van der Waals surface area contributed by atoms with Gasteiger partial charge in [0.1, 0.15) is 5.82 Å². The summed E-state index contributed by atoms with van der Waals surface area (Å²) in [6.45, 7) is 4.23. The van der Waals surface area contributed by atoms with Crippen LogP contribution in [-0.2, 0) is 4.79 Å². The lowest BCUT2D eigenvalue weighted by Crippen LogP contribution is -2.38. The number of aromatic nitrogens is 2. The SMILES string of the molecule is CCCSc1nnc(N2C(N)=C(C#N)C(c3ccsc3SCC)C3=C2CCCC3=O)s1. The Bertz CT molecular complexity index is 1090. The van der Waals surface area contributed by atoms with Gasteiger partial charge in [-0.25, -0.2) is 0 Å². The zero-order valence-corrected chi connectivity index (χ0v) is 20.6. The van der Waals surface area contributed by atoms with Crippen molar-refractivity contribution in [3.63, 3.8) is 0 Å². The third-order valence-corrected chi connectivity index (χ3v) is 9.57. The Kier molecular flexibility index (Phi) is 7.06. The number of thiophene rings is 1. The van der Waals surface area contributed by atoms with Gasteiger partial charge in [-0.15, -0.1) is 33.3 Å². The first-order valence-corrected chi connectivity index (χ1v) is 13.9. The number of thioether (sulfide) groups is 2. The van der Waals surface area contributed by atoms with Crippen LogP contribution in [0, 0.1) is 11.3 Å². The van der Waals surface area contributed by atoms with E-state index in [2.05, 4.69) is 30.1 Å². The minimum Gasteiger partial charge on any atom is -0.384 e. The van der Waals surface area contributed by atoms with Crippen LogP contribution in [0.15, 0.2) is 42.7 Å². The summed E-state index contributed by atoms with van der Waals surface area (Å²) in [6, 6.07) is 4.36. The summed E-state index contributed by atoms with van der Waals surface area (Å²) in [7, 11) is 0. The molecular weight excluding hydrogens is 467 g/mol. The van der Waals surface area contributed by atoms with E-state index in [1.165, 1.54) is 11.3 Å². The average molecular weight is 490 g/mol. The maximum atomic E-state index is 13.2. The summed E-state index contributed by atoms with van der Waals surface area (Å²) in [5.74, 6) is 1.94. The van der Waals surface area contributed by atoms with Crippen LogP contribution in [0.2, 0.25) is 0 Å². The van der Waals surface area contributed by atoms with Crippen molar-refractivity contribution in [2.45, 2.75) is 54.0 Å². The maximum Gasteiger partial charge on any atom is 0.219 e. The van der Waals surface area contributed by atoms with Crippen molar-refractivity contribution in [1.82, 2.24) is 10.2 Å². The van der Waals surface area contributed by atoms with E-state index in [9.17, 15) is 10.1 Å². The first kappa shape index (κ1) is 22.4. The number of hydrogen-bond acceptors (Lipinski definition) is 10. The van der Waals surface area contributed by atoms with Gasteiger partial charge in [0.15, 0.2) is 10.1 Å². The number of anilines is 1. The van der Waals surface area contributed by atoms with Gasteiger partial charge in [-0.2, -0.15) is 5.26 Å². The first-order valence-electron chi connectivity index (χ1n) is 10.2. The average Bonchev–Trinajstić information content (AvgIpc) is 3.41. The first-order chi connectivity index (χ1) is 15.1. The van der Waals surface area contributed by atoms with Crippen LogP contribution in [0.25, 0.3) is 0 Å². The lowest BCUT2D eigenvalue weighted by Gasteiger charge is -2.38. The van der Waals surface area contributed by atoms with Crippen molar-refractivity contribution in [3.05, 3.63) is 39.7 Å². The van der Waals surface area contributed by atoms with Crippen LogP contribution in [0.5, 0.6) is 0 Å². The van der Waals surface area contributed by atoms with Gasteiger partial charge in [0.05, 0.1) is 21.8 Å². The van der Waals surface area contributed by atoms with E-state index in [4.69, 9.17) is 5.73 Å². The number of carbonyl (C=O) groups is 1. The quantitative estimate of drug-likeness (QED) is 0.508. The fourth-order valence-electron chi connectivity index (χ4n) is 3.92. The highest BCUT2D eigenvalue weighted by Crippen LogP contribution is 2.49. The summed E-state index contributed by atoms with van der Waals surface area (Å²) < 4.78 is 2.01. The van der Waals surface area contributed by atoms with Gasteiger partial charge in [-0.1, -0.05) is 36.9 Å². The topological polar surface area (TPSA) is 95.9 Å². The summed E-state index contributed by atoms with van der Waals surface area (Å²) in [4.78, 5) is 15.0. The molecule has 2 aliphatic rings. The fraction of sp³-hybridized carbons (Fsp3) is 0.429. The lowest BCUT2D eigenvalue weighted by molar-refractivity contribution is -0.116. The van der Waals surface area contributed by atoms with Crippen molar-refractivity contribution >= 4 is 57.1 Å². The Morgan fingerprint density at radius 1 is 1.32 bits per heavy atom. The minimum atomic E-state index is -0.411. The van der Waals surface area contributed by atoms with Crippen molar-refractivity contribution in [1.29, 1.82) is 5.26 Å². The molecule has 0 fully saturated rings. The smallest absolute Gasteiger partial charge is 0.219 e. The molecule has 0 radical (unpaired) electrons. The van der Waals surface area contributed by atoms with E-state index in [-0.39, 0.29) is 5.78 Å². The van der Waals surface area contributed by atoms with E-state index < -0.39 is 5.92 Å². The molecule has 2 aromatic heterocycles. The molecule has 0 saturated heterocycles. The molecule has 0 saturated carbocycles. The fourth-order valence-corrected chi connectivity index (χ4v) is 7.80. The highest BCUT2D eigenvalue weighted by Gasteiger charge is 2.42. The van der Waals surface area contributed by atoms with Crippen molar-refractivity contribution in [3.8, 4) is 6.07 Å². The molecule has 3 heterocycles. The number of nitrogens with zero attached hydrogens (tertiary/aromatic N) is 4. The highest BCUT2D eigenvalue weighted by molar-refractivity contribution is 8.01. The van der Waals surface area contributed by atoms with Gasteiger partial charge < -0.3 is 5.73 Å². The van der Waals surface area contributed by atoms with Gasteiger partial charge in [0.25, 0.3) is 0 Å². The number of nitriles is 1. The number of allylic oxidation sites excluding steroid dienone is 3. The molecule has 0 amide bonds. The Balaban J connectivity index is 1.86. The normalized spacial score (nSPS) is 19.1. The van der Waals surface area contributed by atoms with Crippen molar-refractivity contribution < 1.29 is 4.79 Å². The molecule has 4 rings (SSSR count). The summed E-state index contributed by atoms with van der Waals surface area (Å²) in [5, 5.41) is 21.4. The number of Topliss-reactive ketones (excluding diaryl/α,β-unsaturated/α-hetero) is 1. The van der Waals surface area contributed by atoms with Gasteiger partial charge >= 0.3 is 0 Å². The van der Waals surface area contributed by atoms with Crippen molar-refractivity contribution in [2.75, 3.05) is 16.4 Å². The zero-order valence-electron chi connectivity index (χ0n) is 17.4. The molecule has 1 aliphatic carbocycles. The van der Waals surface area contributed by atoms with E-state index in [0.717, 1.165) is 50.6 Å². The van der Waals surface area contributed by atoms with Gasteiger partial charge in [-0.3, -0.25) is 9.69 Å². The molecular formula is C21H23N5OS4. The molecule has 2 N–H and O–H groups in total. The monoisotopic (exact) mass is 489 g/mol. The molecule has 0 spiro atoms. The number of ketones is 1. The number of nitrogens with two attached hydrogens (primary N) is 1. The third-order valence-electron chi connectivity index (χ3n) is 5.17. The highest BCUT2D eigenvalue weighted by atomic mass is 32.2. The molecule has 10 heteroatoms. The van der Waals surface area contributed by atoms with E-state index in [0.29, 0.717) is 28.5 Å². The molecule has 31 heavy (non-hydrogen) atoms. The largest absolute Gasteiger partial charge is 0.384 e. The Morgan fingerprint density at radius 3 is 2.90 bits per heavy atom. The van der Waals surface area contributed by atoms with Gasteiger partial charge in [-0.05, 0) is 42.0 Å². The van der Waals surface area contributed by atoms with Gasteiger partial charge in [0.2, 0.25) is 5.13 Å². The van der Waals surface area contributed by atoms with E-state index >= 15 is 0 Å². The molecule has 1 unspecified atom stereocenters. The van der Waals surface area contributed by atoms with Crippen LogP contribution in [0.3, 0.4) is 0 Å². The molecule has 1 aliphatic heterocycles. The molecule has 1 atom stereocenters. The Morgan fingerprint density at radius 2 is 2.16 bits per heavy atom. The van der Waals surface area contributed by atoms with Gasteiger partial charge in [0, 0.05) is 23.4 Å². The van der Waals surface area contributed by atoms with Crippen LogP contribution in [0.1, 0.15) is 51.0 Å². The second kappa shape index (κ2) is 9.77. The summed E-state index contributed by atoms with van der Waals surface area (Å²) >= 11 is 6.51. The molecule has 162 valence electrons. The standard InChI is InChI=1S/C21H23N5OS4/c1-3-9-30-21-25-24-20(31-21)26-14-6-5-7-15(27)17(14)16(13(11-22)18(26)23)12-8-10-29-19(12)28-4-2/h8,10,16H,3-7,9,23H2,1-2H3. The van der Waals surface area contributed by atoms with Crippen molar-refractivity contribution in [2.24, 2.45) is 5.73 Å².